The van der Waals surface area contributed by atoms with Crippen LogP contribution >= 0.6 is 11.6 Å². The number of anilines is 1. The lowest BCUT2D eigenvalue weighted by molar-refractivity contribution is 0.0940. The lowest BCUT2D eigenvalue weighted by Gasteiger charge is -2.15. The highest BCUT2D eigenvalue weighted by Crippen LogP contribution is 2.28. The van der Waals surface area contributed by atoms with Gasteiger partial charge in [-0.15, -0.1) is 0 Å². The quantitative estimate of drug-likeness (QED) is 0.747. The molecule has 0 aliphatic heterocycles. The highest BCUT2D eigenvalue weighted by Gasteiger charge is 2.20. The summed E-state index contributed by atoms with van der Waals surface area (Å²) in [5.74, 6) is 0.0318. The van der Waals surface area contributed by atoms with Crippen molar-refractivity contribution in [1.82, 2.24) is 5.32 Å². The van der Waals surface area contributed by atoms with Crippen LogP contribution in [0.5, 0.6) is 5.75 Å². The molecule has 0 fully saturated rings. The van der Waals surface area contributed by atoms with Crippen LogP contribution in [-0.4, -0.2) is 27.5 Å². The standard InChI is InChI=1S/C18H21ClN2O4S/c1-4-12(2)20-18(22)14-7-5-6-8-16(14)21-26(23,24)13-9-10-17(25-3)15(19)11-13/h5-12,21H,4H2,1-3H3,(H,20,22)/t12-/m1/s1. The summed E-state index contributed by atoms with van der Waals surface area (Å²) in [6, 6.07) is 10.6. The molecular weight excluding hydrogens is 376 g/mol. The van der Waals surface area contributed by atoms with E-state index in [-0.39, 0.29) is 33.1 Å². The maximum Gasteiger partial charge on any atom is 0.261 e. The fraction of sp³-hybridized carbons (Fsp3) is 0.278. The molecule has 2 aromatic carbocycles. The number of ether oxygens (including phenoxy) is 1. The minimum atomic E-state index is -3.92. The van der Waals surface area contributed by atoms with E-state index < -0.39 is 10.0 Å². The Morgan fingerprint density at radius 2 is 1.92 bits per heavy atom. The van der Waals surface area contributed by atoms with E-state index >= 15 is 0 Å². The first-order valence-electron chi connectivity index (χ1n) is 8.04. The van der Waals surface area contributed by atoms with Crippen molar-refractivity contribution < 1.29 is 17.9 Å². The minimum absolute atomic E-state index is 0.0208. The summed E-state index contributed by atoms with van der Waals surface area (Å²) in [5.41, 5.74) is 0.441. The Kier molecular flexibility index (Phi) is 6.50. The van der Waals surface area contributed by atoms with Gasteiger partial charge in [-0.3, -0.25) is 9.52 Å². The zero-order valence-corrected chi connectivity index (χ0v) is 16.3. The first-order valence-corrected chi connectivity index (χ1v) is 9.90. The van der Waals surface area contributed by atoms with Crippen molar-refractivity contribution in [2.75, 3.05) is 11.8 Å². The van der Waals surface area contributed by atoms with Crippen LogP contribution in [0.25, 0.3) is 0 Å². The number of para-hydroxylation sites is 1. The molecule has 2 aromatic rings. The van der Waals surface area contributed by atoms with Crippen molar-refractivity contribution in [2.24, 2.45) is 0 Å². The fourth-order valence-corrected chi connectivity index (χ4v) is 3.62. The number of carbonyl (C=O) groups is 1. The number of benzene rings is 2. The molecule has 8 heteroatoms. The summed E-state index contributed by atoms with van der Waals surface area (Å²) >= 11 is 6.01. The van der Waals surface area contributed by atoms with E-state index in [0.29, 0.717) is 5.75 Å². The lowest BCUT2D eigenvalue weighted by Crippen LogP contribution is -2.32. The summed E-state index contributed by atoms with van der Waals surface area (Å²) in [6.45, 7) is 3.83. The maximum atomic E-state index is 12.7. The van der Waals surface area contributed by atoms with Crippen LogP contribution in [-0.2, 0) is 10.0 Å². The first kappa shape index (κ1) is 20.1. The Labute approximate surface area is 158 Å². The van der Waals surface area contributed by atoms with Gasteiger partial charge in [0.1, 0.15) is 5.75 Å². The second-order valence-corrected chi connectivity index (χ2v) is 7.82. The molecule has 26 heavy (non-hydrogen) atoms. The zero-order chi connectivity index (χ0) is 19.3. The monoisotopic (exact) mass is 396 g/mol. The molecule has 0 saturated carbocycles. The molecule has 1 atom stereocenters. The molecule has 2 N–H and O–H groups in total. The van der Waals surface area contributed by atoms with E-state index in [1.807, 2.05) is 13.8 Å². The topological polar surface area (TPSA) is 84.5 Å². The average molecular weight is 397 g/mol. The Morgan fingerprint density at radius 3 is 2.54 bits per heavy atom. The van der Waals surface area contributed by atoms with Gasteiger partial charge in [0.15, 0.2) is 0 Å². The number of nitrogens with one attached hydrogen (secondary N) is 2. The fourth-order valence-electron chi connectivity index (χ4n) is 2.19. The second kappa shape index (κ2) is 8.42. The molecule has 2 rings (SSSR count). The van der Waals surface area contributed by atoms with Gasteiger partial charge >= 0.3 is 0 Å². The van der Waals surface area contributed by atoms with Crippen LogP contribution in [0.3, 0.4) is 0 Å². The largest absolute Gasteiger partial charge is 0.495 e. The lowest BCUT2D eigenvalue weighted by atomic mass is 10.1. The number of sulfonamides is 1. The molecular formula is C18H21ClN2O4S. The first-order chi connectivity index (χ1) is 12.3. The Hall–Kier alpha value is -2.25. The van der Waals surface area contributed by atoms with E-state index in [9.17, 15) is 13.2 Å². The minimum Gasteiger partial charge on any atom is -0.495 e. The van der Waals surface area contributed by atoms with Crippen molar-refractivity contribution in [3.05, 3.63) is 53.1 Å². The van der Waals surface area contributed by atoms with Crippen LogP contribution in [0.2, 0.25) is 5.02 Å². The summed E-state index contributed by atoms with van der Waals surface area (Å²) in [4.78, 5) is 12.4. The van der Waals surface area contributed by atoms with Crippen LogP contribution in [0.4, 0.5) is 5.69 Å². The smallest absolute Gasteiger partial charge is 0.261 e. The SMILES string of the molecule is CC[C@@H](C)NC(=O)c1ccccc1NS(=O)(=O)c1ccc(OC)c(Cl)c1. The van der Waals surface area contributed by atoms with Crippen molar-refractivity contribution in [3.63, 3.8) is 0 Å². The summed E-state index contributed by atoms with van der Waals surface area (Å²) in [5, 5.41) is 3.00. The highest BCUT2D eigenvalue weighted by atomic mass is 35.5. The van der Waals surface area contributed by atoms with Crippen LogP contribution in [0.1, 0.15) is 30.6 Å². The van der Waals surface area contributed by atoms with E-state index in [4.69, 9.17) is 16.3 Å². The summed E-state index contributed by atoms with van der Waals surface area (Å²) in [6.07, 6.45) is 0.768. The Morgan fingerprint density at radius 1 is 1.23 bits per heavy atom. The predicted octanol–water partition coefficient (Wildman–Crippen LogP) is 3.68. The molecule has 0 bridgehead atoms. The molecule has 0 aromatic heterocycles. The molecule has 0 aliphatic carbocycles. The highest BCUT2D eigenvalue weighted by molar-refractivity contribution is 7.92. The van der Waals surface area contributed by atoms with Crippen molar-refractivity contribution in [3.8, 4) is 5.75 Å². The predicted molar refractivity (Wildman–Crippen MR) is 102 cm³/mol. The number of amides is 1. The second-order valence-electron chi connectivity index (χ2n) is 5.73. The molecule has 0 unspecified atom stereocenters. The summed E-state index contributed by atoms with van der Waals surface area (Å²) in [7, 11) is -2.48. The number of rotatable bonds is 7. The molecule has 0 radical (unpaired) electrons. The van der Waals surface area contributed by atoms with Crippen LogP contribution in [0, 0.1) is 0 Å². The van der Waals surface area contributed by atoms with E-state index in [1.165, 1.54) is 31.4 Å². The van der Waals surface area contributed by atoms with Crippen LogP contribution in [0.15, 0.2) is 47.4 Å². The zero-order valence-electron chi connectivity index (χ0n) is 14.7. The molecule has 6 nitrogen and oxygen atoms in total. The number of hydrogen-bond donors (Lipinski definition) is 2. The third-order valence-electron chi connectivity index (χ3n) is 3.84. The number of halogens is 1. The maximum absolute atomic E-state index is 12.7. The van der Waals surface area contributed by atoms with Crippen molar-refractivity contribution >= 4 is 33.2 Å². The molecule has 1 amide bonds. The normalized spacial score (nSPS) is 12.3. The molecule has 0 saturated heterocycles. The van der Waals surface area contributed by atoms with E-state index in [2.05, 4.69) is 10.0 Å². The molecule has 0 spiro atoms. The summed E-state index contributed by atoms with van der Waals surface area (Å²) < 4.78 is 32.8. The molecule has 140 valence electrons. The van der Waals surface area contributed by atoms with E-state index in [0.717, 1.165) is 6.42 Å². The van der Waals surface area contributed by atoms with Gasteiger partial charge < -0.3 is 10.1 Å². The van der Waals surface area contributed by atoms with Crippen LogP contribution < -0.4 is 14.8 Å². The third kappa shape index (κ3) is 4.68. The van der Waals surface area contributed by atoms with Gasteiger partial charge in [-0.05, 0) is 43.7 Å². The molecule has 0 aliphatic rings. The van der Waals surface area contributed by atoms with Gasteiger partial charge in [-0.1, -0.05) is 30.7 Å². The van der Waals surface area contributed by atoms with Gasteiger partial charge in [-0.2, -0.15) is 0 Å². The third-order valence-corrected chi connectivity index (χ3v) is 5.50. The average Bonchev–Trinajstić information content (AvgIpc) is 2.61. The van der Waals surface area contributed by atoms with Crippen molar-refractivity contribution in [1.29, 1.82) is 0 Å². The Balaban J connectivity index is 2.33. The molecule has 0 heterocycles. The number of methoxy groups -OCH3 is 1. The van der Waals surface area contributed by atoms with E-state index in [1.54, 1.807) is 18.2 Å². The van der Waals surface area contributed by atoms with Crippen molar-refractivity contribution in [2.45, 2.75) is 31.2 Å². The van der Waals surface area contributed by atoms with Gasteiger partial charge in [0.25, 0.3) is 15.9 Å². The number of hydrogen-bond acceptors (Lipinski definition) is 4. The van der Waals surface area contributed by atoms with Gasteiger partial charge in [0.05, 0.1) is 28.3 Å². The Bertz CT molecular complexity index is 900. The van der Waals surface area contributed by atoms with Gasteiger partial charge in [0, 0.05) is 6.04 Å². The van der Waals surface area contributed by atoms with Gasteiger partial charge in [0.2, 0.25) is 0 Å². The van der Waals surface area contributed by atoms with Gasteiger partial charge in [-0.25, -0.2) is 8.42 Å². The number of carbonyl (C=O) groups excluding carboxylic acids is 1.